The molecule has 1 aromatic carbocycles. The maximum Gasteiger partial charge on any atom is 0.258 e. The van der Waals surface area contributed by atoms with Crippen molar-refractivity contribution < 1.29 is 17.6 Å². The van der Waals surface area contributed by atoms with Crippen molar-refractivity contribution >= 4 is 27.4 Å². The molecule has 2 aromatic rings. The van der Waals surface area contributed by atoms with Crippen molar-refractivity contribution in [3.8, 4) is 0 Å². The lowest BCUT2D eigenvalue weighted by Crippen LogP contribution is -2.37. The fourth-order valence-corrected chi connectivity index (χ4v) is 4.64. The van der Waals surface area contributed by atoms with Crippen LogP contribution in [-0.4, -0.2) is 48.4 Å². The average molecular weight is 378 g/mol. The van der Waals surface area contributed by atoms with E-state index in [-0.39, 0.29) is 28.9 Å². The summed E-state index contributed by atoms with van der Waals surface area (Å²) in [6, 6.07) is 5.28. The van der Waals surface area contributed by atoms with Crippen molar-refractivity contribution in [2.24, 2.45) is 0 Å². The fraction of sp³-hybridized carbons (Fsp3) is 0.353. The van der Waals surface area contributed by atoms with Gasteiger partial charge in [-0.05, 0) is 37.6 Å². The van der Waals surface area contributed by atoms with Gasteiger partial charge in [0.1, 0.15) is 5.82 Å². The molecule has 7 nitrogen and oxygen atoms in total. The van der Waals surface area contributed by atoms with Crippen molar-refractivity contribution in [1.29, 1.82) is 0 Å². The number of nitrogens with zero attached hydrogens (tertiary/aromatic N) is 3. The first-order chi connectivity index (χ1) is 12.4. The summed E-state index contributed by atoms with van der Waals surface area (Å²) < 4.78 is 36.3. The van der Waals surface area contributed by atoms with Crippen molar-refractivity contribution in [3.05, 3.63) is 48.0 Å². The minimum atomic E-state index is -3.01. The van der Waals surface area contributed by atoms with Gasteiger partial charge in [0.2, 0.25) is 5.95 Å². The molecular weight excluding hydrogens is 359 g/mol. The summed E-state index contributed by atoms with van der Waals surface area (Å²) in [7, 11) is -3.01. The van der Waals surface area contributed by atoms with Crippen LogP contribution in [0.4, 0.5) is 16.0 Å². The predicted molar refractivity (Wildman–Crippen MR) is 96.5 cm³/mol. The van der Waals surface area contributed by atoms with Gasteiger partial charge in [-0.1, -0.05) is 0 Å². The van der Waals surface area contributed by atoms with Crippen LogP contribution < -0.4 is 10.2 Å². The number of carbonyl (C=O) groups is 1. The largest absolute Gasteiger partial charge is 0.337 e. The third-order valence-corrected chi connectivity index (χ3v) is 6.00. The summed E-state index contributed by atoms with van der Waals surface area (Å²) >= 11 is 0. The molecule has 1 aliphatic rings. The van der Waals surface area contributed by atoms with Crippen molar-refractivity contribution in [2.75, 3.05) is 28.3 Å². The van der Waals surface area contributed by atoms with Gasteiger partial charge in [-0.25, -0.2) is 22.8 Å². The summed E-state index contributed by atoms with van der Waals surface area (Å²) in [5, 5.41) is 2.64. The molecule has 0 radical (unpaired) electrons. The molecule has 9 heteroatoms. The van der Waals surface area contributed by atoms with Gasteiger partial charge >= 0.3 is 0 Å². The van der Waals surface area contributed by atoms with E-state index < -0.39 is 15.7 Å². The molecule has 1 aliphatic heterocycles. The van der Waals surface area contributed by atoms with Gasteiger partial charge in [0.15, 0.2) is 9.84 Å². The molecule has 26 heavy (non-hydrogen) atoms. The lowest BCUT2D eigenvalue weighted by atomic mass is 10.2. The Bertz CT molecular complexity index is 885. The van der Waals surface area contributed by atoms with Crippen molar-refractivity contribution in [1.82, 2.24) is 9.97 Å². The first-order valence-corrected chi connectivity index (χ1v) is 10.1. The predicted octanol–water partition coefficient (Wildman–Crippen LogP) is 1.88. The maximum absolute atomic E-state index is 12.9. The van der Waals surface area contributed by atoms with E-state index in [4.69, 9.17) is 0 Å². The number of halogens is 1. The molecule has 1 amide bonds. The minimum Gasteiger partial charge on any atom is -0.337 e. The van der Waals surface area contributed by atoms with Crippen LogP contribution in [0.1, 0.15) is 23.7 Å². The summed E-state index contributed by atoms with van der Waals surface area (Å²) in [6.07, 6.45) is 3.34. The Kier molecular flexibility index (Phi) is 5.17. The van der Waals surface area contributed by atoms with E-state index >= 15 is 0 Å². The number of anilines is 2. The summed E-state index contributed by atoms with van der Waals surface area (Å²) in [5.74, 6) is -0.129. The first kappa shape index (κ1) is 18.2. The van der Waals surface area contributed by atoms with Crippen LogP contribution in [0.3, 0.4) is 0 Å². The molecule has 1 saturated heterocycles. The monoisotopic (exact) mass is 378 g/mol. The first-order valence-electron chi connectivity index (χ1n) is 8.24. The molecule has 0 aliphatic carbocycles. The molecule has 1 atom stereocenters. The van der Waals surface area contributed by atoms with Gasteiger partial charge in [-0.2, -0.15) is 0 Å². The molecular formula is C17H19FN4O3S. The third kappa shape index (κ3) is 4.16. The van der Waals surface area contributed by atoms with Gasteiger partial charge in [0, 0.05) is 30.7 Å². The molecule has 0 saturated carbocycles. The number of rotatable bonds is 5. The van der Waals surface area contributed by atoms with E-state index in [0.29, 0.717) is 24.6 Å². The highest BCUT2D eigenvalue weighted by atomic mass is 32.2. The van der Waals surface area contributed by atoms with E-state index in [2.05, 4.69) is 15.3 Å². The SMILES string of the molecule is CCN(c1ncc(C(=O)Nc2ccc(F)cc2)cn1)C1CCS(=O)(=O)C1. The Morgan fingerprint density at radius 3 is 2.46 bits per heavy atom. The minimum absolute atomic E-state index is 0.0943. The Morgan fingerprint density at radius 1 is 1.27 bits per heavy atom. The lowest BCUT2D eigenvalue weighted by molar-refractivity contribution is 0.102. The number of carbonyl (C=O) groups excluding carboxylic acids is 1. The average Bonchev–Trinajstić information content (AvgIpc) is 2.98. The Balaban J connectivity index is 1.70. The van der Waals surface area contributed by atoms with Crippen LogP contribution in [0.25, 0.3) is 0 Å². The number of aromatic nitrogens is 2. The van der Waals surface area contributed by atoms with Gasteiger partial charge < -0.3 is 10.2 Å². The number of benzene rings is 1. The van der Waals surface area contributed by atoms with Crippen molar-refractivity contribution in [3.63, 3.8) is 0 Å². The van der Waals surface area contributed by atoms with E-state index in [1.165, 1.54) is 36.7 Å². The van der Waals surface area contributed by atoms with Gasteiger partial charge in [-0.3, -0.25) is 4.79 Å². The van der Waals surface area contributed by atoms with Crippen LogP contribution in [0.2, 0.25) is 0 Å². The summed E-state index contributed by atoms with van der Waals surface area (Å²) in [4.78, 5) is 22.5. The fourth-order valence-electron chi connectivity index (χ4n) is 2.91. The van der Waals surface area contributed by atoms with Crippen molar-refractivity contribution in [2.45, 2.75) is 19.4 Å². The second kappa shape index (κ2) is 7.36. The number of sulfone groups is 1. The number of hydrogen-bond acceptors (Lipinski definition) is 6. The van der Waals surface area contributed by atoms with Crippen LogP contribution in [0, 0.1) is 5.82 Å². The molecule has 1 N–H and O–H groups in total. The molecule has 3 rings (SSSR count). The number of amides is 1. The van der Waals surface area contributed by atoms with Crippen LogP contribution in [0.5, 0.6) is 0 Å². The van der Waals surface area contributed by atoms with E-state index in [1.54, 1.807) is 0 Å². The van der Waals surface area contributed by atoms with Gasteiger partial charge in [0.25, 0.3) is 5.91 Å². The van der Waals surface area contributed by atoms with Gasteiger partial charge in [0.05, 0.1) is 17.1 Å². The van der Waals surface area contributed by atoms with Crippen LogP contribution in [-0.2, 0) is 9.84 Å². The molecule has 0 bridgehead atoms. The lowest BCUT2D eigenvalue weighted by Gasteiger charge is -2.26. The van der Waals surface area contributed by atoms with Gasteiger partial charge in [-0.15, -0.1) is 0 Å². The Labute approximate surface area is 151 Å². The second-order valence-electron chi connectivity index (χ2n) is 6.08. The summed E-state index contributed by atoms with van der Waals surface area (Å²) in [6.45, 7) is 2.48. The van der Waals surface area contributed by atoms with Crippen LogP contribution in [0.15, 0.2) is 36.7 Å². The van der Waals surface area contributed by atoms with E-state index in [9.17, 15) is 17.6 Å². The highest BCUT2D eigenvalue weighted by Gasteiger charge is 2.32. The molecule has 1 fully saturated rings. The zero-order chi connectivity index (χ0) is 18.7. The van der Waals surface area contributed by atoms with E-state index in [1.807, 2.05) is 11.8 Å². The standard InChI is InChI=1S/C17H19FN4O3S/c1-2-22(15-7-8-26(24,25)11-15)17-19-9-12(10-20-17)16(23)21-14-5-3-13(18)4-6-14/h3-6,9-10,15H,2,7-8,11H2,1H3,(H,21,23). The number of hydrogen-bond donors (Lipinski definition) is 1. The Morgan fingerprint density at radius 2 is 1.92 bits per heavy atom. The molecule has 2 heterocycles. The maximum atomic E-state index is 12.9. The molecule has 1 unspecified atom stereocenters. The molecule has 0 spiro atoms. The quantitative estimate of drug-likeness (QED) is 0.854. The second-order valence-corrected chi connectivity index (χ2v) is 8.30. The smallest absolute Gasteiger partial charge is 0.258 e. The van der Waals surface area contributed by atoms with E-state index in [0.717, 1.165) is 0 Å². The zero-order valence-electron chi connectivity index (χ0n) is 14.2. The van der Waals surface area contributed by atoms with Crippen LogP contribution >= 0.6 is 0 Å². The molecule has 1 aromatic heterocycles. The highest BCUT2D eigenvalue weighted by molar-refractivity contribution is 7.91. The third-order valence-electron chi connectivity index (χ3n) is 4.25. The topological polar surface area (TPSA) is 92.3 Å². The normalized spacial score (nSPS) is 18.5. The Hall–Kier alpha value is -2.55. The number of nitrogens with one attached hydrogen (secondary N) is 1. The summed E-state index contributed by atoms with van der Waals surface area (Å²) in [5.41, 5.74) is 0.722. The highest BCUT2D eigenvalue weighted by Crippen LogP contribution is 2.21. The zero-order valence-corrected chi connectivity index (χ0v) is 15.0. The molecule has 138 valence electrons.